The maximum absolute atomic E-state index is 10.4. The minimum atomic E-state index is -1.09. The van der Waals surface area contributed by atoms with Gasteiger partial charge in [-0.2, -0.15) is 0 Å². The Morgan fingerprint density at radius 2 is 2.20 bits per heavy atom. The Labute approximate surface area is 120 Å². The van der Waals surface area contributed by atoms with E-state index in [2.05, 4.69) is 15.6 Å². The molecule has 1 unspecified atom stereocenters. The van der Waals surface area contributed by atoms with Gasteiger partial charge in [0, 0.05) is 13.1 Å². The van der Waals surface area contributed by atoms with Crippen LogP contribution in [0.2, 0.25) is 0 Å². The third kappa shape index (κ3) is 4.27. The van der Waals surface area contributed by atoms with Gasteiger partial charge in [-0.15, -0.1) is 0 Å². The van der Waals surface area contributed by atoms with Crippen molar-refractivity contribution in [2.24, 2.45) is 10.9 Å². The molecule has 0 aromatic carbocycles. The van der Waals surface area contributed by atoms with Crippen LogP contribution in [0.1, 0.15) is 38.2 Å². The Hall–Kier alpha value is -1.49. The van der Waals surface area contributed by atoms with Gasteiger partial charge >= 0.3 is 0 Å². The third-order valence-corrected chi connectivity index (χ3v) is 3.42. The Morgan fingerprint density at radius 1 is 1.45 bits per heavy atom. The average Bonchev–Trinajstić information content (AvgIpc) is 3.13. The van der Waals surface area contributed by atoms with Crippen molar-refractivity contribution in [1.82, 2.24) is 10.6 Å². The van der Waals surface area contributed by atoms with Crippen molar-refractivity contribution in [1.29, 1.82) is 0 Å². The predicted molar refractivity (Wildman–Crippen MR) is 79.7 cm³/mol. The summed E-state index contributed by atoms with van der Waals surface area (Å²) in [6.45, 7) is 7.64. The van der Waals surface area contributed by atoms with E-state index in [-0.39, 0.29) is 6.54 Å². The molecular weight excluding hydrogens is 254 g/mol. The summed E-state index contributed by atoms with van der Waals surface area (Å²) in [5.74, 6) is 2.88. The van der Waals surface area contributed by atoms with E-state index in [1.54, 1.807) is 13.0 Å². The van der Waals surface area contributed by atoms with Crippen molar-refractivity contribution in [2.45, 2.75) is 39.2 Å². The number of hydrogen-bond acceptors (Lipinski definition) is 3. The van der Waals surface area contributed by atoms with E-state index in [0.717, 1.165) is 30.7 Å². The number of hydrogen-bond donors (Lipinski definition) is 3. The highest BCUT2D eigenvalue weighted by atomic mass is 16.4. The minimum Gasteiger partial charge on any atom is -0.463 e. The van der Waals surface area contributed by atoms with E-state index >= 15 is 0 Å². The summed E-state index contributed by atoms with van der Waals surface area (Å²) < 4.78 is 5.49. The van der Waals surface area contributed by atoms with Crippen LogP contribution in [-0.2, 0) is 5.60 Å². The molecule has 1 heterocycles. The number of nitrogens with one attached hydrogen (secondary N) is 2. The SMILES string of the molecule is CCNC(=NCC(C)(O)c1ccc(C)o1)NCC1CC1. The molecule has 1 fully saturated rings. The fourth-order valence-corrected chi connectivity index (χ4v) is 1.94. The molecule has 2 rings (SSSR count). The zero-order valence-electron chi connectivity index (χ0n) is 12.6. The molecule has 1 aliphatic rings. The molecule has 20 heavy (non-hydrogen) atoms. The molecular formula is C15H25N3O2. The number of aryl methyl sites for hydroxylation is 1. The lowest BCUT2D eigenvalue weighted by Gasteiger charge is -2.19. The topological polar surface area (TPSA) is 69.8 Å². The summed E-state index contributed by atoms with van der Waals surface area (Å²) in [6.07, 6.45) is 2.60. The molecule has 0 spiro atoms. The lowest BCUT2D eigenvalue weighted by atomic mass is 10.0. The largest absolute Gasteiger partial charge is 0.463 e. The molecule has 0 saturated heterocycles. The summed E-state index contributed by atoms with van der Waals surface area (Å²) in [7, 11) is 0. The van der Waals surface area contributed by atoms with Gasteiger partial charge < -0.3 is 20.2 Å². The van der Waals surface area contributed by atoms with Crippen LogP contribution in [0.4, 0.5) is 0 Å². The maximum atomic E-state index is 10.4. The van der Waals surface area contributed by atoms with E-state index in [1.807, 2.05) is 19.9 Å². The molecule has 1 aromatic rings. The zero-order valence-corrected chi connectivity index (χ0v) is 12.6. The highest BCUT2D eigenvalue weighted by Crippen LogP contribution is 2.27. The van der Waals surface area contributed by atoms with Crippen LogP contribution in [0.3, 0.4) is 0 Å². The number of rotatable bonds is 6. The van der Waals surface area contributed by atoms with Gasteiger partial charge in [0.05, 0.1) is 6.54 Å². The second-order valence-corrected chi connectivity index (χ2v) is 5.70. The normalized spacial score (nSPS) is 18.7. The summed E-state index contributed by atoms with van der Waals surface area (Å²) >= 11 is 0. The lowest BCUT2D eigenvalue weighted by molar-refractivity contribution is 0.0428. The first-order valence-electron chi connectivity index (χ1n) is 7.32. The van der Waals surface area contributed by atoms with Crippen molar-refractivity contribution in [3.8, 4) is 0 Å². The summed E-state index contributed by atoms with van der Waals surface area (Å²) in [5.41, 5.74) is -1.09. The van der Waals surface area contributed by atoms with Gasteiger partial charge in [-0.25, -0.2) is 4.99 Å². The molecule has 1 aliphatic carbocycles. The van der Waals surface area contributed by atoms with Crippen LogP contribution in [0.5, 0.6) is 0 Å². The smallest absolute Gasteiger partial charge is 0.191 e. The number of aliphatic imine (C=N–C) groups is 1. The Balaban J connectivity index is 1.95. The second-order valence-electron chi connectivity index (χ2n) is 5.70. The monoisotopic (exact) mass is 279 g/mol. The molecule has 0 aliphatic heterocycles. The second kappa shape index (κ2) is 6.31. The molecule has 0 bridgehead atoms. The van der Waals surface area contributed by atoms with Crippen LogP contribution in [0.25, 0.3) is 0 Å². The van der Waals surface area contributed by atoms with Crippen molar-refractivity contribution in [3.63, 3.8) is 0 Å². The Morgan fingerprint density at radius 3 is 2.75 bits per heavy atom. The van der Waals surface area contributed by atoms with Crippen molar-refractivity contribution >= 4 is 5.96 Å². The molecule has 0 radical (unpaired) electrons. The summed E-state index contributed by atoms with van der Waals surface area (Å²) in [4.78, 5) is 4.45. The minimum absolute atomic E-state index is 0.264. The molecule has 1 atom stereocenters. The van der Waals surface area contributed by atoms with Crippen LogP contribution in [0, 0.1) is 12.8 Å². The predicted octanol–water partition coefficient (Wildman–Crippen LogP) is 1.76. The summed E-state index contributed by atoms with van der Waals surface area (Å²) in [5, 5.41) is 17.0. The lowest BCUT2D eigenvalue weighted by Crippen LogP contribution is -2.39. The van der Waals surface area contributed by atoms with Gasteiger partial charge in [0.1, 0.15) is 17.1 Å². The first-order chi connectivity index (χ1) is 9.51. The van der Waals surface area contributed by atoms with Crippen LogP contribution >= 0.6 is 0 Å². The average molecular weight is 279 g/mol. The van der Waals surface area contributed by atoms with Crippen LogP contribution < -0.4 is 10.6 Å². The van der Waals surface area contributed by atoms with E-state index in [9.17, 15) is 5.11 Å². The molecule has 5 nitrogen and oxygen atoms in total. The first kappa shape index (κ1) is 14.9. The van der Waals surface area contributed by atoms with Gasteiger partial charge in [-0.3, -0.25) is 0 Å². The number of furan rings is 1. The van der Waals surface area contributed by atoms with Gasteiger partial charge in [-0.1, -0.05) is 0 Å². The van der Waals surface area contributed by atoms with Gasteiger partial charge in [0.25, 0.3) is 0 Å². The first-order valence-corrected chi connectivity index (χ1v) is 7.32. The van der Waals surface area contributed by atoms with Crippen molar-refractivity contribution < 1.29 is 9.52 Å². The molecule has 1 saturated carbocycles. The maximum Gasteiger partial charge on any atom is 0.191 e. The number of guanidine groups is 1. The van der Waals surface area contributed by atoms with E-state index in [0.29, 0.717) is 5.76 Å². The Bertz CT molecular complexity index is 461. The fourth-order valence-electron chi connectivity index (χ4n) is 1.94. The highest BCUT2D eigenvalue weighted by Gasteiger charge is 2.27. The van der Waals surface area contributed by atoms with Gasteiger partial charge in [0.2, 0.25) is 0 Å². The Kier molecular flexibility index (Phi) is 4.70. The number of aliphatic hydroxyl groups is 1. The molecule has 0 amide bonds. The summed E-state index contributed by atoms with van der Waals surface area (Å²) in [6, 6.07) is 3.65. The molecule has 112 valence electrons. The van der Waals surface area contributed by atoms with Gasteiger partial charge in [-0.05, 0) is 51.7 Å². The van der Waals surface area contributed by atoms with Crippen LogP contribution in [-0.4, -0.2) is 30.7 Å². The van der Waals surface area contributed by atoms with Crippen molar-refractivity contribution in [2.75, 3.05) is 19.6 Å². The fraction of sp³-hybridized carbons (Fsp3) is 0.667. The molecule has 3 N–H and O–H groups in total. The van der Waals surface area contributed by atoms with E-state index in [1.165, 1.54) is 12.8 Å². The zero-order chi connectivity index (χ0) is 14.6. The third-order valence-electron chi connectivity index (χ3n) is 3.42. The number of nitrogens with zero attached hydrogens (tertiary/aromatic N) is 1. The molecule has 5 heteroatoms. The molecule has 1 aromatic heterocycles. The van der Waals surface area contributed by atoms with Crippen molar-refractivity contribution in [3.05, 3.63) is 23.7 Å². The van der Waals surface area contributed by atoms with Crippen LogP contribution in [0.15, 0.2) is 21.5 Å². The standard InChI is InChI=1S/C15H25N3O2/c1-4-16-14(17-9-12-6-7-12)18-10-15(3,19)13-8-5-11(2)20-13/h5,8,12,19H,4,6-7,9-10H2,1-3H3,(H2,16,17,18). The van der Waals surface area contributed by atoms with E-state index in [4.69, 9.17) is 4.42 Å². The highest BCUT2D eigenvalue weighted by molar-refractivity contribution is 5.79. The van der Waals surface area contributed by atoms with E-state index < -0.39 is 5.60 Å². The quantitative estimate of drug-likeness (QED) is 0.548. The van der Waals surface area contributed by atoms with Gasteiger partial charge in [0.15, 0.2) is 5.96 Å².